The molecular formula is C17H16ClNO3. The van der Waals surface area contributed by atoms with E-state index in [1.807, 2.05) is 12.1 Å². The van der Waals surface area contributed by atoms with Gasteiger partial charge in [0.2, 0.25) is 0 Å². The third-order valence-electron chi connectivity index (χ3n) is 3.24. The number of Topliss-reactive ketones (excluding diaryl/α,β-unsaturated/α-hetero) is 1. The summed E-state index contributed by atoms with van der Waals surface area (Å²) >= 11 is 5.89. The smallest absolute Gasteiger partial charge is 0.335 e. The Balaban J connectivity index is 2.20. The van der Waals surface area contributed by atoms with Crippen molar-refractivity contribution in [3.05, 3.63) is 64.7 Å². The zero-order valence-electron chi connectivity index (χ0n) is 12.0. The van der Waals surface area contributed by atoms with Gasteiger partial charge in [0.15, 0.2) is 0 Å². The van der Waals surface area contributed by atoms with Gasteiger partial charge in [0.25, 0.3) is 0 Å². The van der Waals surface area contributed by atoms with Gasteiger partial charge in [0, 0.05) is 17.1 Å². The lowest BCUT2D eigenvalue weighted by molar-refractivity contribution is -0.117. The molecule has 0 saturated heterocycles. The fourth-order valence-electron chi connectivity index (χ4n) is 2.14. The normalized spacial score (nSPS) is 11.7. The minimum Gasteiger partial charge on any atom is -0.478 e. The van der Waals surface area contributed by atoms with Crippen LogP contribution in [-0.4, -0.2) is 16.9 Å². The van der Waals surface area contributed by atoms with Crippen molar-refractivity contribution < 1.29 is 14.7 Å². The third kappa shape index (κ3) is 4.33. The van der Waals surface area contributed by atoms with E-state index >= 15 is 0 Å². The first-order valence-corrected chi connectivity index (χ1v) is 7.18. The molecule has 0 amide bonds. The minimum absolute atomic E-state index is 0.0645. The molecule has 0 aliphatic heterocycles. The van der Waals surface area contributed by atoms with Gasteiger partial charge in [-0.3, -0.25) is 4.79 Å². The molecule has 2 N–H and O–H groups in total. The number of nitrogens with one attached hydrogen (secondary N) is 1. The summed E-state index contributed by atoms with van der Waals surface area (Å²) in [6.07, 6.45) is 0.336. The van der Waals surface area contributed by atoms with Crippen molar-refractivity contribution in [1.29, 1.82) is 0 Å². The van der Waals surface area contributed by atoms with Gasteiger partial charge in [-0.2, -0.15) is 0 Å². The molecule has 0 aliphatic rings. The molecule has 1 atom stereocenters. The van der Waals surface area contributed by atoms with Crippen molar-refractivity contribution in [2.75, 3.05) is 5.32 Å². The van der Waals surface area contributed by atoms with Crippen LogP contribution in [0.15, 0.2) is 48.5 Å². The predicted octanol–water partition coefficient (Wildman–Crippen LogP) is 4.17. The lowest BCUT2D eigenvalue weighted by Gasteiger charge is -2.19. The average molecular weight is 318 g/mol. The topological polar surface area (TPSA) is 66.4 Å². The van der Waals surface area contributed by atoms with Crippen LogP contribution >= 0.6 is 11.6 Å². The number of hydrogen-bond donors (Lipinski definition) is 2. The highest BCUT2D eigenvalue weighted by Gasteiger charge is 2.14. The van der Waals surface area contributed by atoms with E-state index in [1.54, 1.807) is 24.3 Å². The third-order valence-corrected chi connectivity index (χ3v) is 3.49. The Hall–Kier alpha value is -2.33. The quantitative estimate of drug-likeness (QED) is 0.839. The van der Waals surface area contributed by atoms with Crippen LogP contribution in [0.2, 0.25) is 5.02 Å². The van der Waals surface area contributed by atoms with E-state index in [9.17, 15) is 9.59 Å². The highest BCUT2D eigenvalue weighted by atomic mass is 35.5. The van der Waals surface area contributed by atoms with Gasteiger partial charge in [-0.1, -0.05) is 23.7 Å². The van der Waals surface area contributed by atoms with Crippen LogP contribution in [0, 0.1) is 0 Å². The first-order valence-electron chi connectivity index (χ1n) is 6.80. The molecule has 4 nitrogen and oxygen atoms in total. The number of anilines is 1. The predicted molar refractivity (Wildman–Crippen MR) is 86.5 cm³/mol. The molecule has 0 fully saturated rings. The zero-order chi connectivity index (χ0) is 16.1. The lowest BCUT2D eigenvalue weighted by Crippen LogP contribution is -2.14. The minimum atomic E-state index is -0.968. The van der Waals surface area contributed by atoms with Crippen LogP contribution in [0.25, 0.3) is 0 Å². The molecule has 114 valence electrons. The Morgan fingerprint density at radius 2 is 1.68 bits per heavy atom. The fourth-order valence-corrected chi connectivity index (χ4v) is 2.27. The summed E-state index contributed by atoms with van der Waals surface area (Å²) in [4.78, 5) is 22.3. The molecule has 0 saturated carbocycles. The molecule has 2 aromatic carbocycles. The maximum atomic E-state index is 11.5. The lowest BCUT2D eigenvalue weighted by atomic mass is 10.0. The number of benzene rings is 2. The number of carboxylic acids is 1. The van der Waals surface area contributed by atoms with Gasteiger partial charge in [-0.25, -0.2) is 4.79 Å². The van der Waals surface area contributed by atoms with Crippen LogP contribution in [0.5, 0.6) is 0 Å². The average Bonchev–Trinajstić information content (AvgIpc) is 2.47. The second kappa shape index (κ2) is 7.09. The molecule has 0 aliphatic carbocycles. The van der Waals surface area contributed by atoms with Crippen LogP contribution < -0.4 is 5.32 Å². The van der Waals surface area contributed by atoms with E-state index in [4.69, 9.17) is 16.7 Å². The maximum Gasteiger partial charge on any atom is 0.335 e. The number of carbonyl (C=O) groups is 2. The van der Waals surface area contributed by atoms with Gasteiger partial charge in [-0.05, 0) is 48.9 Å². The largest absolute Gasteiger partial charge is 0.478 e. The Morgan fingerprint density at radius 1 is 1.09 bits per heavy atom. The molecule has 2 rings (SSSR count). The second-order valence-electron chi connectivity index (χ2n) is 5.04. The first kappa shape index (κ1) is 16.0. The van der Waals surface area contributed by atoms with Crippen molar-refractivity contribution in [1.82, 2.24) is 0 Å². The van der Waals surface area contributed by atoms with Crippen molar-refractivity contribution in [2.24, 2.45) is 0 Å². The summed E-state index contributed by atoms with van der Waals surface area (Å²) in [5, 5.41) is 12.8. The number of ketones is 1. The number of hydrogen-bond acceptors (Lipinski definition) is 3. The van der Waals surface area contributed by atoms with E-state index in [-0.39, 0.29) is 17.4 Å². The molecule has 0 bridgehead atoms. The fraction of sp³-hybridized carbons (Fsp3) is 0.176. The number of carbonyl (C=O) groups excluding carboxylic acids is 1. The molecular weight excluding hydrogens is 302 g/mol. The second-order valence-corrected chi connectivity index (χ2v) is 5.47. The van der Waals surface area contributed by atoms with Crippen LogP contribution in [0.4, 0.5) is 5.69 Å². The van der Waals surface area contributed by atoms with Crippen LogP contribution in [0.3, 0.4) is 0 Å². The maximum absolute atomic E-state index is 11.5. The Morgan fingerprint density at radius 3 is 2.18 bits per heavy atom. The highest BCUT2D eigenvalue weighted by Crippen LogP contribution is 2.24. The molecule has 0 unspecified atom stereocenters. The van der Waals surface area contributed by atoms with Crippen LogP contribution in [-0.2, 0) is 4.79 Å². The Bertz CT molecular complexity index is 665. The Kier molecular flexibility index (Phi) is 5.17. The van der Waals surface area contributed by atoms with Crippen molar-refractivity contribution >= 4 is 29.0 Å². The molecule has 0 radical (unpaired) electrons. The highest BCUT2D eigenvalue weighted by molar-refractivity contribution is 6.30. The standard InChI is InChI=1S/C17H16ClNO3/c1-11(20)10-16(12-2-6-14(18)7-3-12)19-15-8-4-13(5-9-15)17(21)22/h2-9,16,19H,10H2,1H3,(H,21,22)/t16-/m0/s1. The summed E-state index contributed by atoms with van der Waals surface area (Å²) in [6.45, 7) is 1.54. The number of aromatic carboxylic acids is 1. The molecule has 2 aromatic rings. The molecule has 0 spiro atoms. The summed E-state index contributed by atoms with van der Waals surface area (Å²) < 4.78 is 0. The molecule has 22 heavy (non-hydrogen) atoms. The van der Waals surface area contributed by atoms with Crippen molar-refractivity contribution in [3.63, 3.8) is 0 Å². The number of halogens is 1. The van der Waals surface area contributed by atoms with Crippen LogP contribution in [0.1, 0.15) is 35.3 Å². The summed E-state index contributed by atoms with van der Waals surface area (Å²) in [6, 6.07) is 13.5. The van der Waals surface area contributed by atoms with Gasteiger partial charge in [0.1, 0.15) is 5.78 Å². The van der Waals surface area contributed by atoms with Crippen molar-refractivity contribution in [3.8, 4) is 0 Å². The monoisotopic (exact) mass is 317 g/mol. The van der Waals surface area contributed by atoms with E-state index < -0.39 is 5.97 Å². The zero-order valence-corrected chi connectivity index (χ0v) is 12.8. The first-order chi connectivity index (χ1) is 10.5. The summed E-state index contributed by atoms with van der Waals surface area (Å²) in [5.41, 5.74) is 1.92. The van der Waals surface area contributed by atoms with E-state index in [0.717, 1.165) is 11.3 Å². The SMILES string of the molecule is CC(=O)C[C@H](Nc1ccc(C(=O)O)cc1)c1ccc(Cl)cc1. The Labute approximate surface area is 133 Å². The molecule has 0 heterocycles. The number of carboxylic acid groups (broad SMARTS) is 1. The van der Waals surface area contributed by atoms with E-state index in [2.05, 4.69) is 5.32 Å². The summed E-state index contributed by atoms with van der Waals surface area (Å²) in [5.74, 6) is -0.904. The van der Waals surface area contributed by atoms with Gasteiger partial charge in [0.05, 0.1) is 11.6 Å². The van der Waals surface area contributed by atoms with Gasteiger partial charge in [-0.15, -0.1) is 0 Å². The van der Waals surface area contributed by atoms with Gasteiger partial charge >= 0.3 is 5.97 Å². The van der Waals surface area contributed by atoms with Crippen molar-refractivity contribution in [2.45, 2.75) is 19.4 Å². The summed E-state index contributed by atoms with van der Waals surface area (Å²) in [7, 11) is 0. The van der Waals surface area contributed by atoms with Gasteiger partial charge < -0.3 is 10.4 Å². The number of rotatable bonds is 6. The van der Waals surface area contributed by atoms with E-state index in [0.29, 0.717) is 11.4 Å². The molecule has 5 heteroatoms. The van der Waals surface area contributed by atoms with E-state index in [1.165, 1.54) is 19.1 Å². The molecule has 0 aromatic heterocycles.